The third-order valence-electron chi connectivity index (χ3n) is 4.99. The molecule has 0 radical (unpaired) electrons. The molecule has 0 amide bonds. The van der Waals surface area contributed by atoms with E-state index in [0.29, 0.717) is 5.41 Å². The molecular weight excluding hydrogens is 192 g/mol. The van der Waals surface area contributed by atoms with Crippen LogP contribution in [-0.2, 0) is 0 Å². The van der Waals surface area contributed by atoms with Crippen LogP contribution in [0.25, 0.3) is 0 Å². The molecule has 0 bridgehead atoms. The van der Waals surface area contributed by atoms with Crippen LogP contribution in [0.1, 0.15) is 71.6 Å². The van der Waals surface area contributed by atoms with Crippen LogP contribution in [0.4, 0.5) is 0 Å². The molecule has 2 saturated carbocycles. The van der Waals surface area contributed by atoms with E-state index in [9.17, 15) is 0 Å². The van der Waals surface area contributed by atoms with Gasteiger partial charge in [0, 0.05) is 0 Å². The molecule has 2 fully saturated rings. The van der Waals surface area contributed by atoms with Gasteiger partial charge in [-0.15, -0.1) is 0 Å². The maximum absolute atomic E-state index is 4.45. The van der Waals surface area contributed by atoms with Gasteiger partial charge in [0.1, 0.15) is 0 Å². The number of rotatable bonds is 2. The Balaban J connectivity index is 1.86. The fourth-order valence-electron chi connectivity index (χ4n) is 3.58. The summed E-state index contributed by atoms with van der Waals surface area (Å²) in [4.78, 5) is 0. The second kappa shape index (κ2) is 4.94. The van der Waals surface area contributed by atoms with E-state index in [0.717, 1.165) is 11.8 Å². The number of hydrogen-bond donors (Lipinski definition) is 0. The largest absolute Gasteiger partial charge is 0.0993 e. The Morgan fingerprint density at radius 1 is 0.875 bits per heavy atom. The molecular formula is C16H28. The summed E-state index contributed by atoms with van der Waals surface area (Å²) >= 11 is 0. The van der Waals surface area contributed by atoms with Gasteiger partial charge in [0.25, 0.3) is 0 Å². The summed E-state index contributed by atoms with van der Waals surface area (Å²) in [6, 6.07) is 0. The average molecular weight is 220 g/mol. The first kappa shape index (κ1) is 12.2. The molecule has 2 aliphatic carbocycles. The predicted octanol–water partition coefficient (Wildman–Crippen LogP) is 5.34. The van der Waals surface area contributed by atoms with Gasteiger partial charge in [-0.05, 0) is 55.8 Å². The SMILES string of the molecule is C=C(C1CCCCC1)C1CCC(C)(C)CC1. The van der Waals surface area contributed by atoms with E-state index in [2.05, 4.69) is 20.4 Å². The van der Waals surface area contributed by atoms with E-state index in [1.807, 2.05) is 0 Å². The topological polar surface area (TPSA) is 0 Å². The van der Waals surface area contributed by atoms with Gasteiger partial charge in [0.2, 0.25) is 0 Å². The predicted molar refractivity (Wildman–Crippen MR) is 71.5 cm³/mol. The third kappa shape index (κ3) is 2.90. The van der Waals surface area contributed by atoms with Gasteiger partial charge in [-0.2, -0.15) is 0 Å². The summed E-state index contributed by atoms with van der Waals surface area (Å²) < 4.78 is 0. The fraction of sp³-hybridized carbons (Fsp3) is 0.875. The van der Waals surface area contributed by atoms with Crippen molar-refractivity contribution in [2.24, 2.45) is 17.3 Å². The molecule has 16 heavy (non-hydrogen) atoms. The van der Waals surface area contributed by atoms with E-state index < -0.39 is 0 Å². The molecule has 0 spiro atoms. The second-order valence-corrected chi connectivity index (χ2v) is 6.85. The average Bonchev–Trinajstić information content (AvgIpc) is 2.29. The minimum absolute atomic E-state index is 0.601. The molecule has 2 aliphatic rings. The van der Waals surface area contributed by atoms with Crippen molar-refractivity contribution in [1.82, 2.24) is 0 Å². The summed E-state index contributed by atoms with van der Waals surface area (Å²) in [6.07, 6.45) is 12.8. The van der Waals surface area contributed by atoms with Crippen molar-refractivity contribution in [1.29, 1.82) is 0 Å². The zero-order chi connectivity index (χ0) is 11.6. The lowest BCUT2D eigenvalue weighted by atomic mass is 9.68. The molecule has 0 saturated heterocycles. The van der Waals surface area contributed by atoms with Crippen molar-refractivity contribution in [3.63, 3.8) is 0 Å². The summed E-state index contributed by atoms with van der Waals surface area (Å²) in [5, 5.41) is 0. The van der Waals surface area contributed by atoms with Crippen molar-refractivity contribution in [3.8, 4) is 0 Å². The maximum Gasteiger partial charge on any atom is -0.0203 e. The highest BCUT2D eigenvalue weighted by Gasteiger charge is 2.30. The number of hydrogen-bond acceptors (Lipinski definition) is 0. The van der Waals surface area contributed by atoms with Gasteiger partial charge in [-0.1, -0.05) is 45.3 Å². The van der Waals surface area contributed by atoms with Crippen molar-refractivity contribution in [3.05, 3.63) is 12.2 Å². The Morgan fingerprint density at radius 3 is 1.94 bits per heavy atom. The van der Waals surface area contributed by atoms with Crippen LogP contribution in [0.2, 0.25) is 0 Å². The Morgan fingerprint density at radius 2 is 1.38 bits per heavy atom. The molecule has 2 rings (SSSR count). The molecule has 92 valence electrons. The molecule has 0 aliphatic heterocycles. The van der Waals surface area contributed by atoms with Gasteiger partial charge in [-0.3, -0.25) is 0 Å². The molecule has 0 heteroatoms. The zero-order valence-corrected chi connectivity index (χ0v) is 11.2. The Bertz CT molecular complexity index is 233. The molecule has 0 atom stereocenters. The van der Waals surface area contributed by atoms with Gasteiger partial charge in [0.15, 0.2) is 0 Å². The Kier molecular flexibility index (Phi) is 3.77. The molecule has 0 aromatic rings. The lowest BCUT2D eigenvalue weighted by molar-refractivity contribution is 0.197. The van der Waals surface area contributed by atoms with Crippen LogP contribution in [0.3, 0.4) is 0 Å². The highest BCUT2D eigenvalue weighted by molar-refractivity contribution is 5.08. The molecule has 0 nitrogen and oxygen atoms in total. The van der Waals surface area contributed by atoms with Crippen LogP contribution < -0.4 is 0 Å². The normalized spacial score (nSPS) is 27.9. The van der Waals surface area contributed by atoms with Gasteiger partial charge in [0.05, 0.1) is 0 Å². The monoisotopic (exact) mass is 220 g/mol. The Hall–Kier alpha value is -0.260. The zero-order valence-electron chi connectivity index (χ0n) is 11.2. The Labute approximate surface area is 102 Å². The van der Waals surface area contributed by atoms with Crippen LogP contribution in [0.15, 0.2) is 12.2 Å². The van der Waals surface area contributed by atoms with Crippen LogP contribution in [-0.4, -0.2) is 0 Å². The van der Waals surface area contributed by atoms with Gasteiger partial charge < -0.3 is 0 Å². The third-order valence-corrected chi connectivity index (χ3v) is 4.99. The van der Waals surface area contributed by atoms with Gasteiger partial charge in [-0.25, -0.2) is 0 Å². The van der Waals surface area contributed by atoms with Crippen molar-refractivity contribution >= 4 is 0 Å². The summed E-state index contributed by atoms with van der Waals surface area (Å²) in [7, 11) is 0. The maximum atomic E-state index is 4.45. The fourth-order valence-corrected chi connectivity index (χ4v) is 3.58. The van der Waals surface area contributed by atoms with E-state index in [1.165, 1.54) is 57.8 Å². The van der Waals surface area contributed by atoms with E-state index in [-0.39, 0.29) is 0 Å². The first-order chi connectivity index (χ1) is 7.58. The summed E-state index contributed by atoms with van der Waals surface area (Å²) in [6.45, 7) is 9.30. The van der Waals surface area contributed by atoms with Crippen LogP contribution in [0, 0.1) is 17.3 Å². The number of allylic oxidation sites excluding steroid dienone is 1. The quantitative estimate of drug-likeness (QED) is 0.551. The first-order valence-electron chi connectivity index (χ1n) is 7.27. The van der Waals surface area contributed by atoms with Crippen molar-refractivity contribution in [2.45, 2.75) is 71.6 Å². The standard InChI is InChI=1S/C16H28/c1-13(14-7-5-4-6-8-14)15-9-11-16(2,3)12-10-15/h14-15H,1,4-12H2,2-3H3. The highest BCUT2D eigenvalue weighted by atomic mass is 14.4. The smallest absolute Gasteiger partial charge is 0.0203 e. The van der Waals surface area contributed by atoms with E-state index in [1.54, 1.807) is 5.57 Å². The lowest BCUT2D eigenvalue weighted by Crippen LogP contribution is -2.25. The van der Waals surface area contributed by atoms with Crippen LogP contribution in [0.5, 0.6) is 0 Å². The molecule has 0 N–H and O–H groups in total. The summed E-state index contributed by atoms with van der Waals surface area (Å²) in [5.41, 5.74) is 2.22. The van der Waals surface area contributed by atoms with E-state index >= 15 is 0 Å². The second-order valence-electron chi connectivity index (χ2n) is 6.85. The molecule has 0 aromatic heterocycles. The lowest BCUT2D eigenvalue weighted by Gasteiger charge is -2.38. The van der Waals surface area contributed by atoms with Crippen molar-refractivity contribution < 1.29 is 0 Å². The van der Waals surface area contributed by atoms with E-state index in [4.69, 9.17) is 0 Å². The van der Waals surface area contributed by atoms with Crippen LogP contribution >= 0.6 is 0 Å². The molecule has 0 heterocycles. The van der Waals surface area contributed by atoms with Gasteiger partial charge >= 0.3 is 0 Å². The van der Waals surface area contributed by atoms with Crippen molar-refractivity contribution in [2.75, 3.05) is 0 Å². The molecule has 0 unspecified atom stereocenters. The first-order valence-corrected chi connectivity index (χ1v) is 7.27. The molecule has 0 aromatic carbocycles. The summed E-state index contributed by atoms with van der Waals surface area (Å²) in [5.74, 6) is 1.73. The minimum Gasteiger partial charge on any atom is -0.0993 e. The minimum atomic E-state index is 0.601. The highest BCUT2D eigenvalue weighted by Crippen LogP contribution is 2.44.